The Kier molecular flexibility index (Phi) is 9.19. The summed E-state index contributed by atoms with van der Waals surface area (Å²) in [6.07, 6.45) is -0.165. The molecular weight excluding hydrogens is 506 g/mol. The number of hydrogen-bond donors (Lipinski definition) is 2. The van der Waals surface area contributed by atoms with Crippen LogP contribution >= 0.6 is 24.0 Å². The monoisotopic (exact) mass is 533 g/mol. The molecule has 2 heterocycles. The molecule has 0 aliphatic carbocycles. The molecule has 1 fully saturated rings. The highest BCUT2D eigenvalue weighted by molar-refractivity contribution is 14.0. The van der Waals surface area contributed by atoms with E-state index in [1.54, 1.807) is 12.3 Å². The van der Waals surface area contributed by atoms with E-state index >= 15 is 0 Å². The molecule has 30 heavy (non-hydrogen) atoms. The molecule has 164 valence electrons. The lowest BCUT2D eigenvalue weighted by atomic mass is 10.1. The Morgan fingerprint density at radius 2 is 1.87 bits per heavy atom. The number of benzene rings is 1. The Morgan fingerprint density at radius 3 is 2.57 bits per heavy atom. The molecule has 1 aromatic heterocycles. The first-order valence-electron chi connectivity index (χ1n) is 9.84. The molecule has 0 unspecified atom stereocenters. The predicted octanol–water partition coefficient (Wildman–Crippen LogP) is 4.57. The number of anilines is 1. The van der Waals surface area contributed by atoms with E-state index in [9.17, 15) is 13.2 Å². The zero-order valence-electron chi connectivity index (χ0n) is 16.9. The zero-order valence-corrected chi connectivity index (χ0v) is 19.2. The van der Waals surface area contributed by atoms with Crippen LogP contribution in [0.15, 0.2) is 47.6 Å². The highest BCUT2D eigenvalue weighted by atomic mass is 127. The molecule has 0 radical (unpaired) electrons. The summed E-state index contributed by atoms with van der Waals surface area (Å²) in [7, 11) is 0. The molecule has 9 heteroatoms. The second-order valence-corrected chi connectivity index (χ2v) is 6.96. The number of halogens is 4. The third-order valence-electron chi connectivity index (χ3n) is 4.72. The molecule has 1 aromatic carbocycles. The van der Waals surface area contributed by atoms with Gasteiger partial charge in [0.05, 0.1) is 12.1 Å². The van der Waals surface area contributed by atoms with Gasteiger partial charge in [-0.25, -0.2) is 9.98 Å². The minimum atomic E-state index is -4.35. The highest BCUT2D eigenvalue weighted by Gasteiger charge is 2.30. The van der Waals surface area contributed by atoms with Crippen molar-refractivity contribution in [2.75, 3.05) is 24.5 Å². The zero-order chi connectivity index (χ0) is 20.7. The average Bonchev–Trinajstić information content (AvgIpc) is 3.25. The van der Waals surface area contributed by atoms with Crippen LogP contribution in [0.2, 0.25) is 0 Å². The second kappa shape index (κ2) is 11.4. The molecule has 0 spiro atoms. The SMILES string of the molecule is CCNC(=NCc1cccc(C(F)(F)F)c1)NCc1ccnc(N2CCCC2)c1.I. The summed E-state index contributed by atoms with van der Waals surface area (Å²) in [5.74, 6) is 1.54. The first-order valence-corrected chi connectivity index (χ1v) is 9.84. The normalized spacial score (nSPS) is 14.4. The number of hydrogen-bond acceptors (Lipinski definition) is 3. The van der Waals surface area contributed by atoms with Gasteiger partial charge >= 0.3 is 6.18 Å². The highest BCUT2D eigenvalue weighted by Crippen LogP contribution is 2.29. The number of nitrogens with one attached hydrogen (secondary N) is 2. The van der Waals surface area contributed by atoms with Crippen LogP contribution in [0.3, 0.4) is 0 Å². The number of rotatable bonds is 6. The molecular formula is C21H27F3IN5. The van der Waals surface area contributed by atoms with Crippen LogP contribution in [0.4, 0.5) is 19.0 Å². The fourth-order valence-corrected chi connectivity index (χ4v) is 3.23. The smallest absolute Gasteiger partial charge is 0.357 e. The Morgan fingerprint density at radius 1 is 1.10 bits per heavy atom. The number of aliphatic imine (C=N–C) groups is 1. The van der Waals surface area contributed by atoms with Gasteiger partial charge in [-0.2, -0.15) is 13.2 Å². The van der Waals surface area contributed by atoms with Crippen molar-refractivity contribution in [2.24, 2.45) is 4.99 Å². The van der Waals surface area contributed by atoms with Crippen LogP contribution in [-0.2, 0) is 19.3 Å². The van der Waals surface area contributed by atoms with Gasteiger partial charge in [0.25, 0.3) is 0 Å². The first-order chi connectivity index (χ1) is 14.0. The van der Waals surface area contributed by atoms with Gasteiger partial charge < -0.3 is 15.5 Å². The van der Waals surface area contributed by atoms with E-state index in [1.165, 1.54) is 18.9 Å². The third-order valence-corrected chi connectivity index (χ3v) is 4.72. The van der Waals surface area contributed by atoms with Gasteiger partial charge in [-0.05, 0) is 55.2 Å². The van der Waals surface area contributed by atoms with Gasteiger partial charge in [0.15, 0.2) is 5.96 Å². The van der Waals surface area contributed by atoms with Gasteiger partial charge in [0.1, 0.15) is 5.82 Å². The van der Waals surface area contributed by atoms with Crippen LogP contribution < -0.4 is 15.5 Å². The third kappa shape index (κ3) is 7.03. The van der Waals surface area contributed by atoms with Crippen molar-refractivity contribution in [1.29, 1.82) is 0 Å². The van der Waals surface area contributed by atoms with Crippen LogP contribution in [0.1, 0.15) is 36.5 Å². The number of guanidine groups is 1. The number of aromatic nitrogens is 1. The molecule has 3 rings (SSSR count). The van der Waals surface area contributed by atoms with Gasteiger partial charge in [-0.15, -0.1) is 24.0 Å². The quantitative estimate of drug-likeness (QED) is 0.325. The summed E-state index contributed by atoms with van der Waals surface area (Å²) in [4.78, 5) is 11.1. The van der Waals surface area contributed by atoms with Crippen molar-refractivity contribution in [2.45, 2.75) is 39.0 Å². The minimum absolute atomic E-state index is 0. The summed E-state index contributed by atoms with van der Waals surface area (Å²) >= 11 is 0. The number of pyridine rings is 1. The fraction of sp³-hybridized carbons (Fsp3) is 0.429. The molecule has 0 saturated carbocycles. The second-order valence-electron chi connectivity index (χ2n) is 6.96. The lowest BCUT2D eigenvalue weighted by Crippen LogP contribution is -2.36. The average molecular weight is 533 g/mol. The number of nitrogens with zero attached hydrogens (tertiary/aromatic N) is 3. The summed E-state index contributed by atoms with van der Waals surface area (Å²) in [6.45, 7) is 5.38. The largest absolute Gasteiger partial charge is 0.416 e. The maximum absolute atomic E-state index is 12.9. The van der Waals surface area contributed by atoms with Crippen LogP contribution in [0.25, 0.3) is 0 Å². The maximum atomic E-state index is 12.9. The van der Waals surface area contributed by atoms with E-state index in [0.29, 0.717) is 24.6 Å². The number of alkyl halides is 3. The van der Waals surface area contributed by atoms with E-state index < -0.39 is 11.7 Å². The summed E-state index contributed by atoms with van der Waals surface area (Å²) in [5.41, 5.74) is 0.929. The van der Waals surface area contributed by atoms with E-state index in [0.717, 1.165) is 36.6 Å². The summed E-state index contributed by atoms with van der Waals surface area (Å²) in [5, 5.41) is 6.37. The standard InChI is InChI=1S/C21H26F3N5.HI/c1-2-25-20(27-14-16-6-5-7-18(12-16)21(22,23)24)28-15-17-8-9-26-19(13-17)29-10-3-4-11-29;/h5-9,12-13H,2-4,10-11,14-15H2,1H3,(H2,25,27,28);1H. The topological polar surface area (TPSA) is 52.6 Å². The Balaban J connectivity index is 0.00000320. The van der Waals surface area contributed by atoms with E-state index in [4.69, 9.17) is 0 Å². The molecule has 2 N–H and O–H groups in total. The van der Waals surface area contributed by atoms with Gasteiger partial charge in [-0.3, -0.25) is 0 Å². The van der Waals surface area contributed by atoms with Crippen LogP contribution in [0, 0.1) is 0 Å². The molecule has 0 atom stereocenters. The molecule has 1 aliphatic heterocycles. The fourth-order valence-electron chi connectivity index (χ4n) is 3.23. The Hall–Kier alpha value is -2.04. The van der Waals surface area contributed by atoms with Gasteiger partial charge in [-0.1, -0.05) is 12.1 Å². The van der Waals surface area contributed by atoms with Gasteiger partial charge in [0, 0.05) is 32.4 Å². The van der Waals surface area contributed by atoms with E-state index in [2.05, 4.69) is 31.6 Å². The maximum Gasteiger partial charge on any atom is 0.416 e. The summed E-state index contributed by atoms with van der Waals surface area (Å²) in [6, 6.07) is 9.27. The molecule has 5 nitrogen and oxygen atoms in total. The Bertz CT molecular complexity index is 835. The molecule has 1 saturated heterocycles. The van der Waals surface area contributed by atoms with Crippen molar-refractivity contribution >= 4 is 35.8 Å². The van der Waals surface area contributed by atoms with E-state index in [-0.39, 0.29) is 30.5 Å². The van der Waals surface area contributed by atoms with Crippen molar-refractivity contribution in [3.8, 4) is 0 Å². The molecule has 1 aliphatic rings. The van der Waals surface area contributed by atoms with Crippen molar-refractivity contribution < 1.29 is 13.2 Å². The van der Waals surface area contributed by atoms with Crippen LogP contribution in [0.5, 0.6) is 0 Å². The van der Waals surface area contributed by atoms with Crippen molar-refractivity contribution in [3.63, 3.8) is 0 Å². The predicted molar refractivity (Wildman–Crippen MR) is 124 cm³/mol. The summed E-state index contributed by atoms with van der Waals surface area (Å²) < 4.78 is 38.6. The van der Waals surface area contributed by atoms with E-state index in [1.807, 2.05) is 13.0 Å². The molecule has 2 aromatic rings. The van der Waals surface area contributed by atoms with Crippen molar-refractivity contribution in [3.05, 3.63) is 59.3 Å². The van der Waals surface area contributed by atoms with Crippen LogP contribution in [-0.4, -0.2) is 30.6 Å². The lowest BCUT2D eigenvalue weighted by molar-refractivity contribution is -0.137. The minimum Gasteiger partial charge on any atom is -0.357 e. The van der Waals surface area contributed by atoms with Crippen molar-refractivity contribution in [1.82, 2.24) is 15.6 Å². The first kappa shape index (κ1) is 24.2. The van der Waals surface area contributed by atoms with Gasteiger partial charge in [0.2, 0.25) is 0 Å². The lowest BCUT2D eigenvalue weighted by Gasteiger charge is -2.17. The molecule has 0 amide bonds. The Labute approximate surface area is 192 Å². The molecule has 0 bridgehead atoms.